The van der Waals surface area contributed by atoms with Crippen LogP contribution in [0.5, 0.6) is 5.75 Å². The number of amides is 2. The Morgan fingerprint density at radius 3 is 3.00 bits per heavy atom. The van der Waals surface area contributed by atoms with Crippen molar-refractivity contribution in [2.75, 3.05) is 17.2 Å². The van der Waals surface area contributed by atoms with Crippen molar-refractivity contribution in [1.82, 2.24) is 0 Å². The molecule has 0 spiro atoms. The molecule has 1 aromatic carbocycles. The Hall–Kier alpha value is -2.08. The van der Waals surface area contributed by atoms with E-state index < -0.39 is 6.10 Å². The van der Waals surface area contributed by atoms with E-state index in [0.717, 1.165) is 0 Å². The van der Waals surface area contributed by atoms with E-state index in [4.69, 9.17) is 9.84 Å². The number of ether oxygens (including phenoxy) is 1. The second-order valence-corrected chi connectivity index (χ2v) is 4.69. The maximum atomic E-state index is 11.7. The van der Waals surface area contributed by atoms with Crippen LogP contribution in [0, 0.1) is 0 Å². The highest BCUT2D eigenvalue weighted by Gasteiger charge is 2.23. The molecule has 2 amide bonds. The average molecular weight is 278 g/mol. The number of carbonyl (C=O) groups excluding carboxylic acids is 2. The minimum atomic E-state index is -0.513. The number of aliphatic hydroxyl groups excluding tert-OH is 1. The monoisotopic (exact) mass is 278 g/mol. The zero-order chi connectivity index (χ0) is 14.5. The van der Waals surface area contributed by atoms with Gasteiger partial charge in [0.15, 0.2) is 6.10 Å². The molecule has 1 unspecified atom stereocenters. The Morgan fingerprint density at radius 1 is 1.45 bits per heavy atom. The predicted molar refractivity (Wildman–Crippen MR) is 74.7 cm³/mol. The molecule has 0 saturated heterocycles. The van der Waals surface area contributed by atoms with Crippen LogP contribution in [-0.2, 0) is 9.59 Å². The van der Waals surface area contributed by atoms with Gasteiger partial charge in [-0.15, -0.1) is 0 Å². The second kappa shape index (κ2) is 6.38. The highest BCUT2D eigenvalue weighted by Crippen LogP contribution is 2.32. The first-order chi connectivity index (χ1) is 9.60. The number of fused-ring (bicyclic) bond motifs is 1. The normalized spacial score (nSPS) is 16.9. The summed E-state index contributed by atoms with van der Waals surface area (Å²) < 4.78 is 5.43. The number of hydrogen-bond donors (Lipinski definition) is 3. The van der Waals surface area contributed by atoms with Gasteiger partial charge in [-0.2, -0.15) is 0 Å². The zero-order valence-electron chi connectivity index (χ0n) is 11.3. The first-order valence-corrected chi connectivity index (χ1v) is 6.62. The van der Waals surface area contributed by atoms with Crippen LogP contribution in [0.2, 0.25) is 0 Å². The van der Waals surface area contributed by atoms with Crippen LogP contribution in [0.3, 0.4) is 0 Å². The third-order valence-corrected chi connectivity index (χ3v) is 3.01. The molecule has 1 aliphatic heterocycles. The van der Waals surface area contributed by atoms with Crippen molar-refractivity contribution in [3.8, 4) is 5.75 Å². The summed E-state index contributed by atoms with van der Waals surface area (Å²) in [6.45, 7) is 1.77. The van der Waals surface area contributed by atoms with Gasteiger partial charge in [0.05, 0.1) is 5.69 Å². The lowest BCUT2D eigenvalue weighted by atomic mass is 10.2. The summed E-state index contributed by atoms with van der Waals surface area (Å²) >= 11 is 0. The molecule has 0 fully saturated rings. The Bertz CT molecular complexity index is 516. The summed E-state index contributed by atoms with van der Waals surface area (Å²) in [7, 11) is 0. The summed E-state index contributed by atoms with van der Waals surface area (Å²) in [5.41, 5.74) is 1.16. The molecule has 0 radical (unpaired) electrons. The van der Waals surface area contributed by atoms with Gasteiger partial charge in [0, 0.05) is 18.7 Å². The number of unbranched alkanes of at least 4 members (excludes halogenated alkanes) is 1. The number of carbonyl (C=O) groups is 2. The van der Waals surface area contributed by atoms with Crippen molar-refractivity contribution in [3.63, 3.8) is 0 Å². The van der Waals surface area contributed by atoms with Crippen molar-refractivity contribution in [2.45, 2.75) is 32.3 Å². The van der Waals surface area contributed by atoms with Gasteiger partial charge in [0.1, 0.15) is 5.75 Å². The van der Waals surface area contributed by atoms with Crippen LogP contribution < -0.4 is 15.4 Å². The highest BCUT2D eigenvalue weighted by molar-refractivity contribution is 5.99. The number of rotatable bonds is 5. The topological polar surface area (TPSA) is 87.7 Å². The van der Waals surface area contributed by atoms with Gasteiger partial charge in [-0.3, -0.25) is 9.59 Å². The van der Waals surface area contributed by atoms with Gasteiger partial charge < -0.3 is 20.5 Å². The van der Waals surface area contributed by atoms with Crippen LogP contribution in [-0.4, -0.2) is 29.6 Å². The van der Waals surface area contributed by atoms with Crippen LogP contribution >= 0.6 is 0 Å². The van der Waals surface area contributed by atoms with E-state index in [0.29, 0.717) is 36.4 Å². The van der Waals surface area contributed by atoms with E-state index in [1.807, 2.05) is 0 Å². The SMILES string of the molecule is CC1Oc2ccc(NC(=O)CCCCO)cc2NC1=O. The molecule has 108 valence electrons. The lowest BCUT2D eigenvalue weighted by Gasteiger charge is -2.23. The molecule has 0 bridgehead atoms. The molecular formula is C14H18N2O4. The standard InChI is InChI=1S/C14H18N2O4/c1-9-14(19)16-11-8-10(5-6-12(11)20-9)15-13(18)4-2-3-7-17/h5-6,8-9,17H,2-4,7H2,1H3,(H,15,18)(H,16,19). The van der Waals surface area contributed by atoms with E-state index in [9.17, 15) is 9.59 Å². The van der Waals surface area contributed by atoms with Crippen LogP contribution in [0.1, 0.15) is 26.2 Å². The molecule has 20 heavy (non-hydrogen) atoms. The molecule has 3 N–H and O–H groups in total. The van der Waals surface area contributed by atoms with Crippen molar-refractivity contribution in [2.24, 2.45) is 0 Å². The van der Waals surface area contributed by atoms with E-state index in [1.165, 1.54) is 0 Å². The molecule has 1 atom stereocenters. The van der Waals surface area contributed by atoms with Gasteiger partial charge in [-0.05, 0) is 38.0 Å². The average Bonchev–Trinajstić information content (AvgIpc) is 2.41. The Morgan fingerprint density at radius 2 is 2.25 bits per heavy atom. The molecule has 1 heterocycles. The molecule has 2 rings (SSSR count). The Kier molecular flexibility index (Phi) is 4.57. The number of anilines is 2. The highest BCUT2D eigenvalue weighted by atomic mass is 16.5. The summed E-state index contributed by atoms with van der Waals surface area (Å²) in [5.74, 6) is 0.272. The summed E-state index contributed by atoms with van der Waals surface area (Å²) in [5, 5.41) is 14.1. The zero-order valence-corrected chi connectivity index (χ0v) is 11.3. The minimum absolute atomic E-state index is 0.0910. The van der Waals surface area contributed by atoms with Crippen molar-refractivity contribution < 1.29 is 19.4 Å². The van der Waals surface area contributed by atoms with Gasteiger partial charge in [0.25, 0.3) is 5.91 Å². The van der Waals surface area contributed by atoms with Gasteiger partial charge >= 0.3 is 0 Å². The van der Waals surface area contributed by atoms with E-state index >= 15 is 0 Å². The molecule has 0 saturated carbocycles. The van der Waals surface area contributed by atoms with Gasteiger partial charge in [0.2, 0.25) is 5.91 Å². The molecular weight excluding hydrogens is 260 g/mol. The second-order valence-electron chi connectivity index (χ2n) is 4.69. The fourth-order valence-electron chi connectivity index (χ4n) is 1.91. The molecule has 6 heteroatoms. The van der Waals surface area contributed by atoms with Crippen LogP contribution in [0.25, 0.3) is 0 Å². The molecule has 1 aliphatic rings. The molecule has 6 nitrogen and oxygen atoms in total. The quantitative estimate of drug-likeness (QED) is 0.712. The third-order valence-electron chi connectivity index (χ3n) is 3.01. The third kappa shape index (κ3) is 3.48. The van der Waals surface area contributed by atoms with E-state index in [1.54, 1.807) is 25.1 Å². The maximum Gasteiger partial charge on any atom is 0.265 e. The van der Waals surface area contributed by atoms with Gasteiger partial charge in [-0.25, -0.2) is 0 Å². The lowest BCUT2D eigenvalue weighted by Crippen LogP contribution is -2.34. The minimum Gasteiger partial charge on any atom is -0.479 e. The van der Waals surface area contributed by atoms with E-state index in [-0.39, 0.29) is 18.4 Å². The number of benzene rings is 1. The van der Waals surface area contributed by atoms with Gasteiger partial charge in [-0.1, -0.05) is 0 Å². The molecule has 1 aromatic rings. The fourth-order valence-corrected chi connectivity index (χ4v) is 1.91. The number of nitrogens with one attached hydrogen (secondary N) is 2. The molecule has 0 aromatic heterocycles. The van der Waals surface area contributed by atoms with E-state index in [2.05, 4.69) is 10.6 Å². The van der Waals surface area contributed by atoms with Crippen LogP contribution in [0.15, 0.2) is 18.2 Å². The fraction of sp³-hybridized carbons (Fsp3) is 0.429. The van der Waals surface area contributed by atoms with Crippen molar-refractivity contribution in [1.29, 1.82) is 0 Å². The number of hydrogen-bond acceptors (Lipinski definition) is 4. The van der Waals surface area contributed by atoms with Crippen molar-refractivity contribution in [3.05, 3.63) is 18.2 Å². The lowest BCUT2D eigenvalue weighted by molar-refractivity contribution is -0.122. The Balaban J connectivity index is 1.99. The van der Waals surface area contributed by atoms with Crippen LogP contribution in [0.4, 0.5) is 11.4 Å². The largest absolute Gasteiger partial charge is 0.479 e. The summed E-state index contributed by atoms with van der Waals surface area (Å²) in [4.78, 5) is 23.2. The Labute approximate surface area is 117 Å². The van der Waals surface area contributed by atoms with Crippen molar-refractivity contribution >= 4 is 23.2 Å². The maximum absolute atomic E-state index is 11.7. The predicted octanol–water partition coefficient (Wildman–Crippen LogP) is 1.51. The first kappa shape index (κ1) is 14.3. The summed E-state index contributed by atoms with van der Waals surface area (Å²) in [6.07, 6.45) is 1.10. The molecule has 0 aliphatic carbocycles. The smallest absolute Gasteiger partial charge is 0.265 e. The number of aliphatic hydroxyl groups is 1. The first-order valence-electron chi connectivity index (χ1n) is 6.62. The summed E-state index contributed by atoms with van der Waals surface area (Å²) in [6, 6.07) is 5.12.